The summed E-state index contributed by atoms with van der Waals surface area (Å²) < 4.78 is 8.84. The van der Waals surface area contributed by atoms with Crippen molar-refractivity contribution in [2.45, 2.75) is 25.5 Å². The summed E-state index contributed by atoms with van der Waals surface area (Å²) in [5.74, 6) is 0. The van der Waals surface area contributed by atoms with Crippen molar-refractivity contribution in [3.63, 3.8) is 0 Å². The van der Waals surface area contributed by atoms with Gasteiger partial charge in [0.2, 0.25) is 0 Å². The number of fused-ring (bicyclic) bond motifs is 1. The SMILES string of the molecule is Brc1ccc2cnn(C3CCCCO3)c2c1. The lowest BCUT2D eigenvalue weighted by molar-refractivity contribution is -0.0366. The number of hydrogen-bond acceptors (Lipinski definition) is 2. The van der Waals surface area contributed by atoms with Crippen LogP contribution in [0, 0.1) is 0 Å². The van der Waals surface area contributed by atoms with Gasteiger partial charge in [-0.15, -0.1) is 0 Å². The average Bonchev–Trinajstić information content (AvgIpc) is 2.73. The maximum absolute atomic E-state index is 5.76. The van der Waals surface area contributed by atoms with Crippen molar-refractivity contribution in [1.82, 2.24) is 9.78 Å². The molecule has 3 nitrogen and oxygen atoms in total. The van der Waals surface area contributed by atoms with Gasteiger partial charge in [-0.2, -0.15) is 5.10 Å². The van der Waals surface area contributed by atoms with Crippen LogP contribution in [0.25, 0.3) is 10.9 Å². The number of nitrogens with zero attached hydrogens (tertiary/aromatic N) is 2. The third-order valence-electron chi connectivity index (χ3n) is 2.99. The van der Waals surface area contributed by atoms with Gasteiger partial charge in [0, 0.05) is 16.5 Å². The van der Waals surface area contributed by atoms with E-state index in [4.69, 9.17) is 4.74 Å². The number of aromatic nitrogens is 2. The minimum absolute atomic E-state index is 0.112. The fraction of sp³-hybridized carbons (Fsp3) is 0.417. The van der Waals surface area contributed by atoms with Gasteiger partial charge < -0.3 is 4.74 Å². The predicted molar refractivity (Wildman–Crippen MR) is 66.3 cm³/mol. The third-order valence-corrected chi connectivity index (χ3v) is 3.48. The molecule has 0 aliphatic carbocycles. The van der Waals surface area contributed by atoms with Gasteiger partial charge >= 0.3 is 0 Å². The third kappa shape index (κ3) is 1.76. The van der Waals surface area contributed by atoms with Gasteiger partial charge in [-0.25, -0.2) is 4.68 Å². The summed E-state index contributed by atoms with van der Waals surface area (Å²) in [6.45, 7) is 0.847. The molecule has 16 heavy (non-hydrogen) atoms. The molecule has 0 saturated carbocycles. The standard InChI is InChI=1S/C12H13BrN2O/c13-10-5-4-9-8-14-15(11(9)7-10)12-3-1-2-6-16-12/h4-5,7-8,12H,1-3,6H2. The minimum atomic E-state index is 0.112. The molecule has 2 heterocycles. The fourth-order valence-corrected chi connectivity index (χ4v) is 2.51. The van der Waals surface area contributed by atoms with Crippen LogP contribution in [0.3, 0.4) is 0 Å². The van der Waals surface area contributed by atoms with Gasteiger partial charge in [-0.05, 0) is 31.4 Å². The molecule has 4 heteroatoms. The molecule has 0 bridgehead atoms. The molecule has 1 aromatic carbocycles. The van der Waals surface area contributed by atoms with Crippen LogP contribution >= 0.6 is 15.9 Å². The highest BCUT2D eigenvalue weighted by Gasteiger charge is 2.18. The van der Waals surface area contributed by atoms with E-state index in [1.54, 1.807) is 0 Å². The van der Waals surface area contributed by atoms with Crippen LogP contribution < -0.4 is 0 Å². The van der Waals surface area contributed by atoms with E-state index in [0.29, 0.717) is 0 Å². The van der Waals surface area contributed by atoms with E-state index >= 15 is 0 Å². The van der Waals surface area contributed by atoms with Crippen LogP contribution in [0.15, 0.2) is 28.9 Å². The van der Waals surface area contributed by atoms with Crippen LogP contribution in [0.5, 0.6) is 0 Å². The highest BCUT2D eigenvalue weighted by atomic mass is 79.9. The lowest BCUT2D eigenvalue weighted by Gasteiger charge is -2.23. The van der Waals surface area contributed by atoms with Gasteiger partial charge in [-0.3, -0.25) is 0 Å². The van der Waals surface area contributed by atoms with Gasteiger partial charge in [0.1, 0.15) is 0 Å². The Labute approximate surface area is 103 Å². The zero-order chi connectivity index (χ0) is 11.0. The Balaban J connectivity index is 2.05. The van der Waals surface area contributed by atoms with Crippen LogP contribution in [-0.2, 0) is 4.74 Å². The molecule has 0 radical (unpaired) electrons. The monoisotopic (exact) mass is 280 g/mol. The molecule has 2 aromatic rings. The lowest BCUT2D eigenvalue weighted by Crippen LogP contribution is -2.18. The molecule has 1 aliphatic rings. The molecule has 1 fully saturated rings. The average molecular weight is 281 g/mol. The predicted octanol–water partition coefficient (Wildman–Crippen LogP) is 3.50. The van der Waals surface area contributed by atoms with E-state index in [2.05, 4.69) is 33.2 Å². The Morgan fingerprint density at radius 3 is 3.12 bits per heavy atom. The number of ether oxygens (including phenoxy) is 1. The second-order valence-corrected chi connectivity index (χ2v) is 5.03. The zero-order valence-corrected chi connectivity index (χ0v) is 10.5. The summed E-state index contributed by atoms with van der Waals surface area (Å²) in [5.41, 5.74) is 1.14. The summed E-state index contributed by atoms with van der Waals surface area (Å²) in [6.07, 6.45) is 5.46. The van der Waals surface area contributed by atoms with E-state index in [1.165, 1.54) is 12.8 Å². The topological polar surface area (TPSA) is 27.1 Å². The molecule has 3 rings (SSSR count). The van der Waals surface area contributed by atoms with Crippen molar-refractivity contribution in [1.29, 1.82) is 0 Å². The number of benzene rings is 1. The van der Waals surface area contributed by atoms with Crippen molar-refractivity contribution in [3.05, 3.63) is 28.9 Å². The molecule has 1 atom stereocenters. The molecular weight excluding hydrogens is 268 g/mol. The van der Waals surface area contributed by atoms with Crippen molar-refractivity contribution in [3.8, 4) is 0 Å². The summed E-state index contributed by atoms with van der Waals surface area (Å²) in [7, 11) is 0. The lowest BCUT2D eigenvalue weighted by atomic mass is 10.2. The molecule has 1 aromatic heterocycles. The first kappa shape index (κ1) is 10.3. The van der Waals surface area contributed by atoms with E-state index in [-0.39, 0.29) is 6.23 Å². The highest BCUT2D eigenvalue weighted by molar-refractivity contribution is 9.10. The number of hydrogen-bond donors (Lipinski definition) is 0. The van der Waals surface area contributed by atoms with Crippen molar-refractivity contribution in [2.75, 3.05) is 6.61 Å². The molecule has 1 unspecified atom stereocenters. The highest BCUT2D eigenvalue weighted by Crippen LogP contribution is 2.27. The first-order valence-electron chi connectivity index (χ1n) is 5.59. The first-order valence-corrected chi connectivity index (χ1v) is 6.38. The second-order valence-electron chi connectivity index (χ2n) is 4.11. The zero-order valence-electron chi connectivity index (χ0n) is 8.90. The van der Waals surface area contributed by atoms with Crippen molar-refractivity contribution < 1.29 is 4.74 Å². The molecule has 0 N–H and O–H groups in total. The smallest absolute Gasteiger partial charge is 0.150 e. The summed E-state index contributed by atoms with van der Waals surface area (Å²) >= 11 is 3.49. The number of rotatable bonds is 1. The van der Waals surface area contributed by atoms with E-state index < -0.39 is 0 Å². The summed E-state index contributed by atoms with van der Waals surface area (Å²) in [5, 5.41) is 5.60. The fourth-order valence-electron chi connectivity index (χ4n) is 2.16. The van der Waals surface area contributed by atoms with E-state index in [0.717, 1.165) is 28.4 Å². The first-order chi connectivity index (χ1) is 7.84. The molecular formula is C12H13BrN2O. The summed E-state index contributed by atoms with van der Waals surface area (Å²) in [6, 6.07) is 6.21. The van der Waals surface area contributed by atoms with Crippen LogP contribution in [0.1, 0.15) is 25.5 Å². The minimum Gasteiger partial charge on any atom is -0.356 e. The van der Waals surface area contributed by atoms with E-state index in [9.17, 15) is 0 Å². The Morgan fingerprint density at radius 1 is 1.38 bits per heavy atom. The Kier molecular flexibility index (Phi) is 2.69. The molecule has 0 amide bonds. The van der Waals surface area contributed by atoms with Gasteiger partial charge in [0.15, 0.2) is 6.23 Å². The molecule has 1 saturated heterocycles. The van der Waals surface area contributed by atoms with Crippen LogP contribution in [0.4, 0.5) is 0 Å². The second kappa shape index (κ2) is 4.18. The Bertz CT molecular complexity index is 503. The molecule has 0 spiro atoms. The Hall–Kier alpha value is -0.870. The van der Waals surface area contributed by atoms with Gasteiger partial charge in [0.05, 0.1) is 11.7 Å². The van der Waals surface area contributed by atoms with Crippen molar-refractivity contribution in [2.24, 2.45) is 0 Å². The van der Waals surface area contributed by atoms with Crippen LogP contribution in [0.2, 0.25) is 0 Å². The molecule has 1 aliphatic heterocycles. The maximum atomic E-state index is 5.76. The maximum Gasteiger partial charge on any atom is 0.150 e. The van der Waals surface area contributed by atoms with Crippen molar-refractivity contribution >= 4 is 26.8 Å². The van der Waals surface area contributed by atoms with E-state index in [1.807, 2.05) is 16.9 Å². The number of halogens is 1. The van der Waals surface area contributed by atoms with Crippen LogP contribution in [-0.4, -0.2) is 16.4 Å². The quantitative estimate of drug-likeness (QED) is 0.800. The molecule has 84 valence electrons. The van der Waals surface area contributed by atoms with Gasteiger partial charge in [0.25, 0.3) is 0 Å². The Morgan fingerprint density at radius 2 is 2.31 bits per heavy atom. The van der Waals surface area contributed by atoms with Gasteiger partial charge in [-0.1, -0.05) is 22.0 Å². The normalized spacial score (nSPS) is 21.4. The largest absolute Gasteiger partial charge is 0.356 e. The summed E-state index contributed by atoms with van der Waals surface area (Å²) in [4.78, 5) is 0.